The summed E-state index contributed by atoms with van der Waals surface area (Å²) < 4.78 is 11.4. The second kappa shape index (κ2) is 6.67. The van der Waals surface area contributed by atoms with Crippen LogP contribution in [-0.2, 0) is 9.53 Å². The summed E-state index contributed by atoms with van der Waals surface area (Å²) in [5.74, 6) is 0.681. The van der Waals surface area contributed by atoms with Gasteiger partial charge in [0.25, 0.3) is 5.91 Å². The number of amides is 1. The van der Waals surface area contributed by atoms with E-state index in [0.29, 0.717) is 23.9 Å². The van der Waals surface area contributed by atoms with Crippen molar-refractivity contribution in [3.63, 3.8) is 0 Å². The molecule has 1 aliphatic rings. The Labute approximate surface area is 131 Å². The van der Waals surface area contributed by atoms with E-state index in [1.165, 1.54) is 0 Å². The van der Waals surface area contributed by atoms with E-state index in [9.17, 15) is 4.79 Å². The summed E-state index contributed by atoms with van der Waals surface area (Å²) in [7, 11) is 0. The van der Waals surface area contributed by atoms with E-state index in [-0.39, 0.29) is 18.1 Å². The van der Waals surface area contributed by atoms with Crippen LogP contribution in [0.3, 0.4) is 0 Å². The minimum Gasteiger partial charge on any atom is -0.481 e. The van der Waals surface area contributed by atoms with Gasteiger partial charge in [-0.2, -0.15) is 0 Å². The number of halogens is 1. The van der Waals surface area contributed by atoms with Crippen LogP contribution in [0.25, 0.3) is 0 Å². The molecule has 21 heavy (non-hydrogen) atoms. The number of ether oxygens (including phenoxy) is 2. The minimum absolute atomic E-state index is 0.00801. The molecule has 0 aromatic heterocycles. The minimum atomic E-state index is -0.526. The average Bonchev–Trinajstić information content (AvgIpc) is 2.40. The highest BCUT2D eigenvalue weighted by Gasteiger charge is 2.29. The SMILES string of the molecule is Cc1cc(Cl)ccc1O[C@@H](C)C(=O)N1C[C@H](C)O[C@@H](C)C1. The Balaban J connectivity index is 2.02. The van der Waals surface area contributed by atoms with Crippen molar-refractivity contribution in [3.05, 3.63) is 28.8 Å². The van der Waals surface area contributed by atoms with Crippen molar-refractivity contribution in [2.45, 2.75) is 46.0 Å². The van der Waals surface area contributed by atoms with Crippen LogP contribution in [0.15, 0.2) is 18.2 Å². The Morgan fingerprint density at radius 2 is 2.00 bits per heavy atom. The fourth-order valence-corrected chi connectivity index (χ4v) is 2.83. The maximum Gasteiger partial charge on any atom is 0.263 e. The highest BCUT2D eigenvalue weighted by atomic mass is 35.5. The van der Waals surface area contributed by atoms with Gasteiger partial charge in [-0.3, -0.25) is 4.79 Å². The molecule has 1 heterocycles. The van der Waals surface area contributed by atoms with E-state index < -0.39 is 6.10 Å². The highest BCUT2D eigenvalue weighted by Crippen LogP contribution is 2.23. The Hall–Kier alpha value is -1.26. The number of benzene rings is 1. The molecule has 0 saturated carbocycles. The lowest BCUT2D eigenvalue weighted by atomic mass is 10.2. The van der Waals surface area contributed by atoms with Crippen molar-refractivity contribution in [2.24, 2.45) is 0 Å². The molecule has 1 amide bonds. The van der Waals surface area contributed by atoms with Gasteiger partial charge in [0.15, 0.2) is 6.10 Å². The number of carbonyl (C=O) groups excluding carboxylic acids is 1. The molecule has 3 atom stereocenters. The zero-order valence-corrected chi connectivity index (χ0v) is 13.7. The smallest absolute Gasteiger partial charge is 0.263 e. The van der Waals surface area contributed by atoms with E-state index >= 15 is 0 Å². The van der Waals surface area contributed by atoms with Crippen LogP contribution in [0, 0.1) is 6.92 Å². The van der Waals surface area contributed by atoms with Gasteiger partial charge in [-0.1, -0.05) is 11.6 Å². The van der Waals surface area contributed by atoms with Crippen LogP contribution >= 0.6 is 11.6 Å². The molecular weight excluding hydrogens is 290 g/mol. The van der Waals surface area contributed by atoms with Gasteiger partial charge in [-0.05, 0) is 51.5 Å². The molecule has 0 unspecified atom stereocenters. The lowest BCUT2D eigenvalue weighted by molar-refractivity contribution is -0.149. The molecule has 0 aliphatic carbocycles. The number of morpholine rings is 1. The van der Waals surface area contributed by atoms with Crippen LogP contribution in [0.2, 0.25) is 5.02 Å². The van der Waals surface area contributed by atoms with Crippen molar-refractivity contribution < 1.29 is 14.3 Å². The molecule has 0 spiro atoms. The van der Waals surface area contributed by atoms with Crippen molar-refractivity contribution in [2.75, 3.05) is 13.1 Å². The van der Waals surface area contributed by atoms with Gasteiger partial charge in [0.1, 0.15) is 5.75 Å². The molecule has 1 saturated heterocycles. The monoisotopic (exact) mass is 311 g/mol. The largest absolute Gasteiger partial charge is 0.481 e. The summed E-state index contributed by atoms with van der Waals surface area (Å²) in [4.78, 5) is 14.3. The maximum atomic E-state index is 12.5. The van der Waals surface area contributed by atoms with Gasteiger partial charge < -0.3 is 14.4 Å². The van der Waals surface area contributed by atoms with Crippen molar-refractivity contribution >= 4 is 17.5 Å². The van der Waals surface area contributed by atoms with Crippen LogP contribution < -0.4 is 4.74 Å². The standard InChI is InChI=1S/C16H22ClNO3/c1-10-7-14(17)5-6-15(10)21-13(4)16(19)18-8-11(2)20-12(3)9-18/h5-7,11-13H,8-9H2,1-4H3/t11-,12-,13-/m0/s1. The van der Waals surface area contributed by atoms with Crippen molar-refractivity contribution in [1.29, 1.82) is 0 Å². The molecule has 0 bridgehead atoms. The van der Waals surface area contributed by atoms with Gasteiger partial charge in [0.05, 0.1) is 12.2 Å². The number of aryl methyl sites for hydroxylation is 1. The lowest BCUT2D eigenvalue weighted by Gasteiger charge is -2.36. The summed E-state index contributed by atoms with van der Waals surface area (Å²) in [6, 6.07) is 5.39. The van der Waals surface area contributed by atoms with Crippen LogP contribution in [-0.4, -0.2) is 42.2 Å². The number of rotatable bonds is 3. The predicted molar refractivity (Wildman–Crippen MR) is 82.9 cm³/mol. The second-order valence-electron chi connectivity index (χ2n) is 5.67. The molecule has 5 heteroatoms. The molecule has 116 valence electrons. The lowest BCUT2D eigenvalue weighted by Crippen LogP contribution is -2.51. The fraction of sp³-hybridized carbons (Fsp3) is 0.562. The topological polar surface area (TPSA) is 38.8 Å². The molecule has 1 aromatic carbocycles. The Morgan fingerprint density at radius 3 is 2.57 bits per heavy atom. The summed E-state index contributed by atoms with van der Waals surface area (Å²) >= 11 is 5.93. The first-order chi connectivity index (χ1) is 9.86. The Morgan fingerprint density at radius 1 is 1.38 bits per heavy atom. The summed E-state index contributed by atoms with van der Waals surface area (Å²) in [6.07, 6.45) is -0.410. The third kappa shape index (κ3) is 4.11. The average molecular weight is 312 g/mol. The molecule has 4 nitrogen and oxygen atoms in total. The molecule has 0 N–H and O–H groups in total. The van der Waals surface area contributed by atoms with E-state index in [4.69, 9.17) is 21.1 Å². The summed E-state index contributed by atoms with van der Waals surface area (Å²) in [5, 5.41) is 0.662. The first-order valence-corrected chi connectivity index (χ1v) is 7.61. The first kappa shape index (κ1) is 16.1. The van der Waals surface area contributed by atoms with E-state index in [2.05, 4.69) is 0 Å². The molecule has 0 radical (unpaired) electrons. The number of nitrogens with zero attached hydrogens (tertiary/aromatic N) is 1. The summed E-state index contributed by atoms with van der Waals surface area (Å²) in [6.45, 7) is 8.86. The van der Waals surface area contributed by atoms with Crippen LogP contribution in [0.1, 0.15) is 26.3 Å². The third-order valence-electron chi connectivity index (χ3n) is 3.52. The first-order valence-electron chi connectivity index (χ1n) is 7.24. The van der Waals surface area contributed by atoms with Crippen molar-refractivity contribution in [3.8, 4) is 5.75 Å². The van der Waals surface area contributed by atoms with E-state index in [0.717, 1.165) is 5.56 Å². The molecule has 2 rings (SSSR count). The zero-order valence-electron chi connectivity index (χ0n) is 12.9. The highest BCUT2D eigenvalue weighted by molar-refractivity contribution is 6.30. The molecule has 1 aromatic rings. The van der Waals surface area contributed by atoms with Gasteiger partial charge in [0, 0.05) is 18.1 Å². The third-order valence-corrected chi connectivity index (χ3v) is 3.75. The predicted octanol–water partition coefficient (Wildman–Crippen LogP) is 3.05. The zero-order chi connectivity index (χ0) is 15.6. The van der Waals surface area contributed by atoms with Crippen LogP contribution in [0.4, 0.5) is 0 Å². The molecular formula is C16H22ClNO3. The molecule has 1 fully saturated rings. The number of hydrogen-bond acceptors (Lipinski definition) is 3. The maximum absolute atomic E-state index is 12.5. The summed E-state index contributed by atoms with van der Waals surface area (Å²) in [5.41, 5.74) is 0.922. The van der Waals surface area contributed by atoms with Gasteiger partial charge in [-0.25, -0.2) is 0 Å². The van der Waals surface area contributed by atoms with Crippen molar-refractivity contribution in [1.82, 2.24) is 4.90 Å². The number of carbonyl (C=O) groups is 1. The fourth-order valence-electron chi connectivity index (χ4n) is 2.60. The van der Waals surface area contributed by atoms with Gasteiger partial charge in [-0.15, -0.1) is 0 Å². The van der Waals surface area contributed by atoms with Crippen LogP contribution in [0.5, 0.6) is 5.75 Å². The van der Waals surface area contributed by atoms with Gasteiger partial charge in [0.2, 0.25) is 0 Å². The Kier molecular flexibility index (Phi) is 5.12. The normalized spacial score (nSPS) is 23.8. The van der Waals surface area contributed by atoms with E-state index in [1.807, 2.05) is 31.7 Å². The number of hydrogen-bond donors (Lipinski definition) is 0. The van der Waals surface area contributed by atoms with E-state index in [1.54, 1.807) is 19.1 Å². The Bertz CT molecular complexity index is 510. The quantitative estimate of drug-likeness (QED) is 0.861. The second-order valence-corrected chi connectivity index (χ2v) is 6.11. The van der Waals surface area contributed by atoms with Gasteiger partial charge >= 0.3 is 0 Å². The molecule has 1 aliphatic heterocycles.